The van der Waals surface area contributed by atoms with Crippen molar-refractivity contribution in [2.45, 2.75) is 31.5 Å². The number of amides is 4. The Bertz CT molecular complexity index is 748. The number of nitrogens with zero attached hydrogens (tertiary/aromatic N) is 2. The van der Waals surface area contributed by atoms with Gasteiger partial charge >= 0.3 is 6.03 Å². The molecule has 1 saturated heterocycles. The third-order valence-corrected chi connectivity index (χ3v) is 5.17. The molecule has 1 aromatic carbocycles. The minimum atomic E-state index is -0.551. The highest BCUT2D eigenvalue weighted by Crippen LogP contribution is 2.36. The molecule has 25 heavy (non-hydrogen) atoms. The van der Waals surface area contributed by atoms with Crippen LogP contribution in [0.3, 0.4) is 0 Å². The molecule has 0 radical (unpaired) electrons. The Kier molecular flexibility index (Phi) is 4.22. The number of rotatable bonds is 5. The van der Waals surface area contributed by atoms with Crippen LogP contribution in [0.15, 0.2) is 41.4 Å². The summed E-state index contributed by atoms with van der Waals surface area (Å²) < 4.78 is 3.01. The molecule has 1 saturated carbocycles. The van der Waals surface area contributed by atoms with E-state index in [1.807, 2.05) is 30.3 Å². The third-order valence-electron chi connectivity index (χ3n) is 4.44. The SMILES string of the molecule is O=C(CN1C(=O)N(C2CC2)C(=O)C2NSC=C21)NCc1ccccc1. The average Bonchev–Trinajstić information content (AvgIpc) is 3.32. The van der Waals surface area contributed by atoms with Crippen molar-refractivity contribution in [3.8, 4) is 0 Å². The maximum Gasteiger partial charge on any atom is 0.331 e. The van der Waals surface area contributed by atoms with E-state index in [2.05, 4.69) is 10.0 Å². The summed E-state index contributed by atoms with van der Waals surface area (Å²) in [7, 11) is 0. The number of carbonyl (C=O) groups is 3. The van der Waals surface area contributed by atoms with Crippen LogP contribution in [0.25, 0.3) is 0 Å². The number of carbonyl (C=O) groups excluding carboxylic acids is 3. The Hall–Kier alpha value is -2.32. The second kappa shape index (κ2) is 6.53. The molecule has 0 bridgehead atoms. The average molecular weight is 358 g/mol. The number of fused-ring (bicyclic) bond motifs is 1. The summed E-state index contributed by atoms with van der Waals surface area (Å²) in [5.74, 6) is -0.469. The van der Waals surface area contributed by atoms with Crippen LogP contribution in [0, 0.1) is 0 Å². The largest absolute Gasteiger partial charge is 0.350 e. The fourth-order valence-electron chi connectivity index (χ4n) is 2.98. The first-order valence-electron chi connectivity index (χ1n) is 8.21. The molecule has 1 aromatic rings. The van der Waals surface area contributed by atoms with Crippen LogP contribution in [0.2, 0.25) is 0 Å². The summed E-state index contributed by atoms with van der Waals surface area (Å²) in [6.45, 7) is 0.315. The van der Waals surface area contributed by atoms with Crippen molar-refractivity contribution in [1.29, 1.82) is 0 Å². The van der Waals surface area contributed by atoms with E-state index in [-0.39, 0.29) is 24.4 Å². The van der Waals surface area contributed by atoms with Gasteiger partial charge in [-0.15, -0.1) is 0 Å². The molecular formula is C17H18N4O3S. The van der Waals surface area contributed by atoms with Gasteiger partial charge in [-0.3, -0.25) is 19.4 Å². The lowest BCUT2D eigenvalue weighted by atomic mass is 10.1. The number of hydrogen-bond donors (Lipinski definition) is 2. The van der Waals surface area contributed by atoms with Crippen molar-refractivity contribution in [2.75, 3.05) is 6.54 Å². The summed E-state index contributed by atoms with van der Waals surface area (Å²) in [5, 5.41) is 4.56. The molecule has 7 nitrogen and oxygen atoms in total. The lowest BCUT2D eigenvalue weighted by molar-refractivity contribution is -0.133. The maximum atomic E-state index is 12.7. The summed E-state index contributed by atoms with van der Waals surface area (Å²) in [5.41, 5.74) is 1.55. The maximum absolute atomic E-state index is 12.7. The number of urea groups is 1. The standard InChI is InChI=1S/C17H18N4O3S/c22-14(18-8-11-4-2-1-3-5-11)9-20-13-10-25-19-15(13)16(23)21(17(20)24)12-6-7-12/h1-5,10,12,15,19H,6-9H2,(H,18,22). The zero-order chi connectivity index (χ0) is 17.4. The smallest absolute Gasteiger partial charge is 0.331 e. The van der Waals surface area contributed by atoms with E-state index < -0.39 is 12.1 Å². The Balaban J connectivity index is 1.45. The van der Waals surface area contributed by atoms with Crippen LogP contribution in [0.1, 0.15) is 18.4 Å². The molecule has 2 fully saturated rings. The number of hydrogen-bond acceptors (Lipinski definition) is 5. The summed E-state index contributed by atoms with van der Waals surface area (Å²) >= 11 is 1.28. The predicted molar refractivity (Wildman–Crippen MR) is 92.9 cm³/mol. The molecule has 2 heterocycles. The highest BCUT2D eigenvalue weighted by atomic mass is 32.2. The summed E-state index contributed by atoms with van der Waals surface area (Å²) in [4.78, 5) is 40.3. The second-order valence-electron chi connectivity index (χ2n) is 6.28. The number of benzene rings is 1. The van der Waals surface area contributed by atoms with Gasteiger partial charge in [0, 0.05) is 18.0 Å². The molecular weight excluding hydrogens is 340 g/mol. The van der Waals surface area contributed by atoms with Gasteiger partial charge in [-0.2, -0.15) is 0 Å². The van der Waals surface area contributed by atoms with Crippen molar-refractivity contribution in [3.63, 3.8) is 0 Å². The van der Waals surface area contributed by atoms with E-state index in [0.717, 1.165) is 18.4 Å². The van der Waals surface area contributed by atoms with Gasteiger partial charge in [0.15, 0.2) is 0 Å². The fraction of sp³-hybridized carbons (Fsp3) is 0.353. The normalized spacial score (nSPS) is 22.7. The highest BCUT2D eigenvalue weighted by Gasteiger charge is 2.50. The highest BCUT2D eigenvalue weighted by molar-refractivity contribution is 8.00. The Morgan fingerprint density at radius 3 is 2.72 bits per heavy atom. The summed E-state index contributed by atoms with van der Waals surface area (Å²) in [6, 6.07) is 8.62. The van der Waals surface area contributed by atoms with Gasteiger partial charge in [0.25, 0.3) is 5.91 Å². The molecule has 2 N–H and O–H groups in total. The number of imide groups is 1. The molecule has 0 aromatic heterocycles. The van der Waals surface area contributed by atoms with E-state index in [4.69, 9.17) is 0 Å². The van der Waals surface area contributed by atoms with Crippen molar-refractivity contribution in [3.05, 3.63) is 47.0 Å². The van der Waals surface area contributed by atoms with Crippen molar-refractivity contribution in [2.24, 2.45) is 0 Å². The minimum absolute atomic E-state index is 0.0242. The van der Waals surface area contributed by atoms with Crippen molar-refractivity contribution in [1.82, 2.24) is 19.8 Å². The Morgan fingerprint density at radius 1 is 1.24 bits per heavy atom. The van der Waals surface area contributed by atoms with E-state index in [1.54, 1.807) is 5.41 Å². The van der Waals surface area contributed by atoms with E-state index >= 15 is 0 Å². The molecule has 130 valence electrons. The molecule has 1 atom stereocenters. The van der Waals surface area contributed by atoms with Gasteiger partial charge < -0.3 is 5.32 Å². The predicted octanol–water partition coefficient (Wildman–Crippen LogP) is 1.19. The van der Waals surface area contributed by atoms with Crippen molar-refractivity contribution >= 4 is 29.8 Å². The first-order chi connectivity index (χ1) is 12.1. The van der Waals surface area contributed by atoms with Gasteiger partial charge in [0.05, 0.1) is 5.70 Å². The minimum Gasteiger partial charge on any atom is -0.350 e. The van der Waals surface area contributed by atoms with Crippen LogP contribution in [-0.4, -0.2) is 46.3 Å². The van der Waals surface area contributed by atoms with Gasteiger partial charge in [-0.05, 0) is 18.4 Å². The first-order valence-corrected chi connectivity index (χ1v) is 9.09. The molecule has 4 amide bonds. The monoisotopic (exact) mass is 358 g/mol. The quantitative estimate of drug-likeness (QED) is 0.773. The van der Waals surface area contributed by atoms with E-state index in [0.29, 0.717) is 12.2 Å². The summed E-state index contributed by atoms with van der Waals surface area (Å²) in [6.07, 6.45) is 1.68. The molecule has 2 aliphatic heterocycles. The fourth-order valence-corrected chi connectivity index (χ4v) is 3.79. The Labute approximate surface area is 149 Å². The van der Waals surface area contributed by atoms with Crippen LogP contribution in [0.4, 0.5) is 4.79 Å². The van der Waals surface area contributed by atoms with E-state index in [1.165, 1.54) is 21.7 Å². The van der Waals surface area contributed by atoms with Gasteiger partial charge in [0.2, 0.25) is 5.91 Å². The van der Waals surface area contributed by atoms with Crippen LogP contribution < -0.4 is 10.0 Å². The van der Waals surface area contributed by atoms with Crippen molar-refractivity contribution < 1.29 is 14.4 Å². The van der Waals surface area contributed by atoms with Crippen LogP contribution >= 0.6 is 11.9 Å². The van der Waals surface area contributed by atoms with Gasteiger partial charge in [-0.25, -0.2) is 9.52 Å². The molecule has 0 spiro atoms. The van der Waals surface area contributed by atoms with Crippen LogP contribution in [-0.2, 0) is 16.1 Å². The molecule has 4 rings (SSSR count). The molecule has 8 heteroatoms. The Morgan fingerprint density at radius 2 is 2.00 bits per heavy atom. The third kappa shape index (κ3) is 3.14. The van der Waals surface area contributed by atoms with Crippen LogP contribution in [0.5, 0.6) is 0 Å². The second-order valence-corrected chi connectivity index (χ2v) is 6.99. The topological polar surface area (TPSA) is 81.8 Å². The lowest BCUT2D eigenvalue weighted by Gasteiger charge is -2.38. The number of nitrogens with one attached hydrogen (secondary N) is 2. The van der Waals surface area contributed by atoms with Gasteiger partial charge in [-0.1, -0.05) is 42.3 Å². The zero-order valence-corrected chi connectivity index (χ0v) is 14.3. The zero-order valence-electron chi connectivity index (χ0n) is 13.5. The molecule has 1 unspecified atom stereocenters. The molecule has 1 aliphatic carbocycles. The van der Waals surface area contributed by atoms with E-state index in [9.17, 15) is 14.4 Å². The molecule has 3 aliphatic rings. The van der Waals surface area contributed by atoms with Gasteiger partial charge in [0.1, 0.15) is 12.6 Å². The lowest BCUT2D eigenvalue weighted by Crippen LogP contribution is -2.61. The first kappa shape index (κ1) is 16.2.